The van der Waals surface area contributed by atoms with Crippen molar-refractivity contribution >= 4 is 38.9 Å². The molecule has 0 amide bonds. The molecule has 3 aromatic rings. The van der Waals surface area contributed by atoms with Gasteiger partial charge >= 0.3 is 5.97 Å². The number of ether oxygens (including phenoxy) is 1. The van der Waals surface area contributed by atoms with Crippen LogP contribution in [0.5, 0.6) is 0 Å². The minimum absolute atomic E-state index is 0.204. The molecule has 0 bridgehead atoms. The highest BCUT2D eigenvalue weighted by molar-refractivity contribution is 7.18. The molecule has 6 nitrogen and oxygen atoms in total. The first-order valence-electron chi connectivity index (χ1n) is 7.43. The van der Waals surface area contributed by atoms with Gasteiger partial charge in [0.15, 0.2) is 11.9 Å². The molecule has 0 aliphatic carbocycles. The van der Waals surface area contributed by atoms with Gasteiger partial charge in [0, 0.05) is 4.88 Å². The van der Waals surface area contributed by atoms with E-state index in [4.69, 9.17) is 4.74 Å². The first kappa shape index (κ1) is 16.8. The van der Waals surface area contributed by atoms with Crippen molar-refractivity contribution in [2.75, 3.05) is 0 Å². The number of fused-ring (bicyclic) bond motifs is 1. The Labute approximate surface area is 146 Å². The zero-order valence-corrected chi connectivity index (χ0v) is 15.6. The first-order chi connectivity index (χ1) is 11.3. The average molecular weight is 363 g/mol. The van der Waals surface area contributed by atoms with Gasteiger partial charge in [-0.1, -0.05) is 0 Å². The smallest absolute Gasteiger partial charge is 0.350 e. The van der Waals surface area contributed by atoms with Crippen LogP contribution >= 0.6 is 22.7 Å². The van der Waals surface area contributed by atoms with Crippen LogP contribution < -0.4 is 5.56 Å². The van der Waals surface area contributed by atoms with Gasteiger partial charge in [0.1, 0.15) is 9.71 Å². The number of nitrogens with one attached hydrogen (secondary N) is 1. The molecule has 0 aliphatic rings. The number of H-pyrrole nitrogens is 1. The SMILES string of the molecule is Cc1nc(C)c(C(=O)O[C@H](C)c2nc3sc(C)c(C)c3c(=O)[nH]2)s1. The Morgan fingerprint density at radius 2 is 1.88 bits per heavy atom. The van der Waals surface area contributed by atoms with Crippen LogP contribution in [0.15, 0.2) is 4.79 Å². The second kappa shape index (κ2) is 6.10. The van der Waals surface area contributed by atoms with Crippen molar-refractivity contribution in [2.45, 2.75) is 40.7 Å². The van der Waals surface area contributed by atoms with E-state index >= 15 is 0 Å². The van der Waals surface area contributed by atoms with Gasteiger partial charge in [-0.2, -0.15) is 0 Å². The van der Waals surface area contributed by atoms with Gasteiger partial charge in [0.2, 0.25) is 0 Å². The van der Waals surface area contributed by atoms with Gasteiger partial charge in [0.05, 0.1) is 16.1 Å². The van der Waals surface area contributed by atoms with Crippen LogP contribution in [0.4, 0.5) is 0 Å². The van der Waals surface area contributed by atoms with Gasteiger partial charge in [0.25, 0.3) is 5.56 Å². The molecule has 1 N–H and O–H groups in total. The van der Waals surface area contributed by atoms with Crippen molar-refractivity contribution in [3.63, 3.8) is 0 Å². The fraction of sp³-hybridized carbons (Fsp3) is 0.375. The minimum atomic E-state index is -0.654. The van der Waals surface area contributed by atoms with Gasteiger partial charge in [-0.25, -0.2) is 14.8 Å². The lowest BCUT2D eigenvalue weighted by Crippen LogP contribution is -2.17. The van der Waals surface area contributed by atoms with Gasteiger partial charge in [-0.3, -0.25) is 4.79 Å². The number of carbonyl (C=O) groups excluding carboxylic acids is 1. The van der Waals surface area contributed by atoms with Crippen molar-refractivity contribution in [1.82, 2.24) is 15.0 Å². The van der Waals surface area contributed by atoms with Crippen LogP contribution in [0.2, 0.25) is 0 Å². The minimum Gasteiger partial charge on any atom is -0.450 e. The van der Waals surface area contributed by atoms with E-state index < -0.39 is 12.1 Å². The number of carbonyl (C=O) groups is 1. The number of aromatic amines is 1. The number of esters is 1. The monoisotopic (exact) mass is 363 g/mol. The number of thiophene rings is 1. The lowest BCUT2D eigenvalue weighted by atomic mass is 10.2. The molecule has 3 aromatic heterocycles. The molecular formula is C16H17N3O3S2. The van der Waals surface area contributed by atoms with E-state index in [-0.39, 0.29) is 5.56 Å². The maximum Gasteiger partial charge on any atom is 0.350 e. The topological polar surface area (TPSA) is 84.9 Å². The van der Waals surface area contributed by atoms with Crippen LogP contribution in [0, 0.1) is 27.7 Å². The summed E-state index contributed by atoms with van der Waals surface area (Å²) in [6, 6.07) is 0. The van der Waals surface area contributed by atoms with Crippen molar-refractivity contribution in [3.05, 3.63) is 42.2 Å². The zero-order chi connectivity index (χ0) is 17.6. The third-order valence-corrected chi connectivity index (χ3v) is 5.97. The summed E-state index contributed by atoms with van der Waals surface area (Å²) in [5, 5.41) is 1.42. The lowest BCUT2D eigenvalue weighted by Gasteiger charge is -2.12. The second-order valence-electron chi connectivity index (χ2n) is 5.61. The number of thiazole rings is 1. The third kappa shape index (κ3) is 2.87. The van der Waals surface area contributed by atoms with Crippen LogP contribution in [-0.2, 0) is 4.74 Å². The Bertz CT molecular complexity index is 1000. The van der Waals surface area contributed by atoms with E-state index in [0.29, 0.717) is 26.6 Å². The van der Waals surface area contributed by atoms with Gasteiger partial charge in [-0.05, 0) is 40.2 Å². The summed E-state index contributed by atoms with van der Waals surface area (Å²) in [4.78, 5) is 38.2. The largest absolute Gasteiger partial charge is 0.450 e. The highest BCUT2D eigenvalue weighted by Gasteiger charge is 2.21. The van der Waals surface area contributed by atoms with E-state index in [1.807, 2.05) is 20.8 Å². The molecule has 0 unspecified atom stereocenters. The van der Waals surface area contributed by atoms with Crippen LogP contribution in [-0.4, -0.2) is 20.9 Å². The number of hydrogen-bond acceptors (Lipinski definition) is 7. The van der Waals surface area contributed by atoms with E-state index in [0.717, 1.165) is 15.4 Å². The van der Waals surface area contributed by atoms with Gasteiger partial charge in [-0.15, -0.1) is 22.7 Å². The molecule has 3 heterocycles. The lowest BCUT2D eigenvalue weighted by molar-refractivity contribution is 0.0325. The Kier molecular flexibility index (Phi) is 4.27. The third-order valence-electron chi connectivity index (χ3n) is 3.82. The van der Waals surface area contributed by atoms with Crippen LogP contribution in [0.3, 0.4) is 0 Å². The summed E-state index contributed by atoms with van der Waals surface area (Å²) >= 11 is 2.76. The molecule has 0 spiro atoms. The van der Waals surface area contributed by atoms with E-state index in [9.17, 15) is 9.59 Å². The first-order valence-corrected chi connectivity index (χ1v) is 9.06. The molecule has 0 fully saturated rings. The standard InChI is InChI=1S/C16H17N3O3S2/c1-6-9(4)23-15-11(6)14(20)18-13(19-15)8(3)22-16(21)12-7(2)17-10(5)24-12/h8H,1-5H3,(H,18,19,20)/t8-/m1/s1. The average Bonchev–Trinajstić information content (AvgIpc) is 2.98. The summed E-state index contributed by atoms with van der Waals surface area (Å²) in [6.07, 6.45) is -0.654. The Hall–Kier alpha value is -2.06. The van der Waals surface area contributed by atoms with Crippen LogP contribution in [0.25, 0.3) is 10.2 Å². The molecule has 1 atom stereocenters. The van der Waals surface area contributed by atoms with Crippen molar-refractivity contribution in [2.24, 2.45) is 0 Å². The number of aryl methyl sites for hydroxylation is 4. The number of hydrogen-bond donors (Lipinski definition) is 1. The predicted octanol–water partition coefficient (Wildman–Crippen LogP) is 3.59. The summed E-state index contributed by atoms with van der Waals surface area (Å²) < 4.78 is 5.46. The maximum absolute atomic E-state index is 12.3. The Balaban J connectivity index is 1.91. The Morgan fingerprint density at radius 1 is 1.17 bits per heavy atom. The number of rotatable bonds is 3. The van der Waals surface area contributed by atoms with E-state index in [1.54, 1.807) is 13.8 Å². The highest BCUT2D eigenvalue weighted by Crippen LogP contribution is 2.27. The van der Waals surface area contributed by atoms with Gasteiger partial charge < -0.3 is 9.72 Å². The fourth-order valence-corrected chi connectivity index (χ4v) is 4.29. The quantitative estimate of drug-likeness (QED) is 0.719. The Morgan fingerprint density at radius 3 is 2.50 bits per heavy atom. The maximum atomic E-state index is 12.3. The molecule has 0 aromatic carbocycles. The molecule has 24 heavy (non-hydrogen) atoms. The van der Waals surface area contributed by atoms with Crippen molar-refractivity contribution in [3.8, 4) is 0 Å². The normalized spacial score (nSPS) is 12.5. The van der Waals surface area contributed by atoms with E-state index in [1.165, 1.54) is 22.7 Å². The predicted molar refractivity (Wildman–Crippen MR) is 95.1 cm³/mol. The molecule has 3 rings (SSSR count). The summed E-state index contributed by atoms with van der Waals surface area (Å²) in [5.41, 5.74) is 1.39. The summed E-state index contributed by atoms with van der Waals surface area (Å²) in [7, 11) is 0. The van der Waals surface area contributed by atoms with Crippen molar-refractivity contribution < 1.29 is 9.53 Å². The van der Waals surface area contributed by atoms with Crippen molar-refractivity contribution in [1.29, 1.82) is 0 Å². The zero-order valence-electron chi connectivity index (χ0n) is 14.0. The molecule has 0 saturated carbocycles. The fourth-order valence-electron chi connectivity index (χ4n) is 2.45. The summed E-state index contributed by atoms with van der Waals surface area (Å²) in [5.74, 6) is -0.104. The molecule has 8 heteroatoms. The number of aromatic nitrogens is 3. The molecule has 0 aliphatic heterocycles. The second-order valence-corrected chi connectivity index (χ2v) is 8.02. The molecule has 0 radical (unpaired) electrons. The molecule has 0 saturated heterocycles. The highest BCUT2D eigenvalue weighted by atomic mass is 32.1. The summed E-state index contributed by atoms with van der Waals surface area (Å²) in [6.45, 7) is 9.17. The molecule has 126 valence electrons. The van der Waals surface area contributed by atoms with E-state index in [2.05, 4.69) is 15.0 Å². The number of nitrogens with zero attached hydrogens (tertiary/aromatic N) is 2. The molecular weight excluding hydrogens is 346 g/mol. The van der Waals surface area contributed by atoms with Crippen LogP contribution in [0.1, 0.15) is 49.7 Å².